The molecule has 0 saturated heterocycles. The highest BCUT2D eigenvalue weighted by Gasteiger charge is 2.21. The monoisotopic (exact) mass is 447 g/mol. The number of amides is 2. The number of hydrogen-bond acceptors (Lipinski definition) is 4. The Bertz CT molecular complexity index is 981. The molecule has 0 saturated carbocycles. The van der Waals surface area contributed by atoms with Gasteiger partial charge in [-0.1, -0.05) is 41.4 Å². The first-order chi connectivity index (χ1) is 13.9. The second-order valence-corrected chi connectivity index (χ2v) is 8.22. The number of pyridine rings is 1. The summed E-state index contributed by atoms with van der Waals surface area (Å²) in [6.07, 6.45) is 1.68. The molecule has 0 N–H and O–H groups in total. The molecule has 2 heterocycles. The van der Waals surface area contributed by atoms with Gasteiger partial charge < -0.3 is 9.80 Å². The Balaban J connectivity index is 1.76. The van der Waals surface area contributed by atoms with Gasteiger partial charge in [0.25, 0.3) is 5.91 Å². The predicted octanol–water partition coefficient (Wildman–Crippen LogP) is 4.75. The molecule has 3 aromatic rings. The minimum absolute atomic E-state index is 0.0368. The van der Waals surface area contributed by atoms with Gasteiger partial charge in [0.2, 0.25) is 5.91 Å². The minimum Gasteiger partial charge on any atom is -0.332 e. The maximum Gasteiger partial charge on any atom is 0.264 e. The smallest absolute Gasteiger partial charge is 0.264 e. The lowest BCUT2D eigenvalue weighted by atomic mass is 10.2. The largest absolute Gasteiger partial charge is 0.332 e. The lowest BCUT2D eigenvalue weighted by Crippen LogP contribution is -2.40. The topological polar surface area (TPSA) is 53.5 Å². The number of thiophene rings is 1. The van der Waals surface area contributed by atoms with Crippen LogP contribution in [0.4, 0.5) is 0 Å². The third kappa shape index (κ3) is 5.79. The number of benzene rings is 1. The molecule has 0 spiro atoms. The van der Waals surface area contributed by atoms with E-state index in [2.05, 4.69) is 4.98 Å². The average molecular weight is 448 g/mol. The van der Waals surface area contributed by atoms with Crippen molar-refractivity contribution < 1.29 is 9.59 Å². The van der Waals surface area contributed by atoms with Crippen molar-refractivity contribution in [1.82, 2.24) is 14.8 Å². The molecule has 0 unspecified atom stereocenters. The Hall–Kier alpha value is -2.41. The zero-order valence-corrected chi connectivity index (χ0v) is 18.0. The van der Waals surface area contributed by atoms with E-state index in [1.807, 2.05) is 35.7 Å². The van der Waals surface area contributed by atoms with Crippen LogP contribution in [0.2, 0.25) is 10.0 Å². The quantitative estimate of drug-likeness (QED) is 0.524. The molecule has 0 aliphatic carbocycles. The molecule has 2 amide bonds. The van der Waals surface area contributed by atoms with Crippen molar-refractivity contribution in [3.63, 3.8) is 0 Å². The molecule has 0 fully saturated rings. The van der Waals surface area contributed by atoms with E-state index in [9.17, 15) is 9.59 Å². The summed E-state index contributed by atoms with van der Waals surface area (Å²) in [4.78, 5) is 33.5. The van der Waals surface area contributed by atoms with E-state index in [1.54, 1.807) is 36.3 Å². The van der Waals surface area contributed by atoms with Crippen molar-refractivity contribution >= 4 is 46.4 Å². The maximum atomic E-state index is 13.0. The Morgan fingerprint density at radius 2 is 1.86 bits per heavy atom. The Kier molecular flexibility index (Phi) is 7.25. The van der Waals surface area contributed by atoms with E-state index in [1.165, 1.54) is 16.2 Å². The van der Waals surface area contributed by atoms with Gasteiger partial charge in [-0.25, -0.2) is 0 Å². The van der Waals surface area contributed by atoms with Crippen LogP contribution >= 0.6 is 34.5 Å². The van der Waals surface area contributed by atoms with Crippen LogP contribution in [0.1, 0.15) is 20.9 Å². The van der Waals surface area contributed by atoms with Crippen LogP contribution in [0.25, 0.3) is 0 Å². The van der Waals surface area contributed by atoms with E-state index in [4.69, 9.17) is 23.2 Å². The van der Waals surface area contributed by atoms with Crippen molar-refractivity contribution in [3.05, 3.63) is 86.3 Å². The second-order valence-electron chi connectivity index (χ2n) is 6.46. The van der Waals surface area contributed by atoms with E-state index in [0.29, 0.717) is 28.0 Å². The fourth-order valence-electron chi connectivity index (χ4n) is 2.74. The number of carbonyl (C=O) groups excluding carboxylic acids is 2. The van der Waals surface area contributed by atoms with Crippen LogP contribution in [0.15, 0.2) is 60.1 Å². The zero-order valence-electron chi connectivity index (χ0n) is 15.7. The summed E-state index contributed by atoms with van der Waals surface area (Å²) in [5, 5.41) is 2.72. The van der Waals surface area contributed by atoms with Gasteiger partial charge in [-0.3, -0.25) is 14.6 Å². The standard InChI is InChI=1S/C21H19Cl2N3O2S/c1-25(21(28)19-6-4-10-29-19)14-20(27)26(13-16-5-2-3-9-24-16)12-15-7-8-17(22)18(23)11-15/h2-11H,12-14H2,1H3. The second kappa shape index (κ2) is 9.87. The van der Waals surface area contributed by atoms with Crippen LogP contribution in [0, 0.1) is 0 Å². The first-order valence-corrected chi connectivity index (χ1v) is 10.5. The molecule has 8 heteroatoms. The molecule has 0 bridgehead atoms. The number of likely N-dealkylation sites (N-methyl/N-ethyl adjacent to an activating group) is 1. The van der Waals surface area contributed by atoms with E-state index < -0.39 is 0 Å². The summed E-state index contributed by atoms with van der Waals surface area (Å²) in [5.41, 5.74) is 1.60. The Morgan fingerprint density at radius 1 is 1.03 bits per heavy atom. The van der Waals surface area contributed by atoms with Gasteiger partial charge >= 0.3 is 0 Å². The van der Waals surface area contributed by atoms with Crippen molar-refractivity contribution in [3.8, 4) is 0 Å². The molecule has 2 aromatic heterocycles. The lowest BCUT2D eigenvalue weighted by Gasteiger charge is -2.25. The molecule has 0 aliphatic heterocycles. The molecule has 3 rings (SSSR count). The molecular formula is C21H19Cl2N3O2S. The lowest BCUT2D eigenvalue weighted by molar-refractivity contribution is -0.133. The number of aromatic nitrogens is 1. The summed E-state index contributed by atoms with van der Waals surface area (Å²) in [7, 11) is 1.62. The summed E-state index contributed by atoms with van der Waals surface area (Å²) < 4.78 is 0. The molecule has 150 valence electrons. The van der Waals surface area contributed by atoms with Crippen LogP contribution in [0.3, 0.4) is 0 Å². The van der Waals surface area contributed by atoms with Gasteiger partial charge in [-0.05, 0) is 41.3 Å². The highest BCUT2D eigenvalue weighted by atomic mass is 35.5. The van der Waals surface area contributed by atoms with Gasteiger partial charge in [0.1, 0.15) is 0 Å². The fourth-order valence-corrected chi connectivity index (χ4v) is 3.78. The van der Waals surface area contributed by atoms with E-state index in [-0.39, 0.29) is 18.4 Å². The van der Waals surface area contributed by atoms with Gasteiger partial charge in [0.05, 0.1) is 33.7 Å². The van der Waals surface area contributed by atoms with Crippen molar-refractivity contribution in [2.75, 3.05) is 13.6 Å². The highest BCUT2D eigenvalue weighted by Crippen LogP contribution is 2.23. The van der Waals surface area contributed by atoms with Gasteiger partial charge in [-0.15, -0.1) is 11.3 Å². The molecule has 0 aliphatic rings. The highest BCUT2D eigenvalue weighted by molar-refractivity contribution is 7.12. The van der Waals surface area contributed by atoms with Gasteiger partial charge in [-0.2, -0.15) is 0 Å². The number of rotatable bonds is 7. The SMILES string of the molecule is CN(CC(=O)N(Cc1ccc(Cl)c(Cl)c1)Cc1ccccn1)C(=O)c1cccs1. The zero-order chi connectivity index (χ0) is 20.8. The van der Waals surface area contributed by atoms with Gasteiger partial charge in [0, 0.05) is 19.8 Å². The Morgan fingerprint density at radius 3 is 2.52 bits per heavy atom. The number of nitrogens with zero attached hydrogens (tertiary/aromatic N) is 3. The molecule has 0 radical (unpaired) electrons. The molecule has 5 nitrogen and oxygen atoms in total. The summed E-state index contributed by atoms with van der Waals surface area (Å²) in [6.45, 7) is 0.610. The normalized spacial score (nSPS) is 10.6. The Labute approximate surface area is 183 Å². The van der Waals surface area contributed by atoms with Crippen molar-refractivity contribution in [1.29, 1.82) is 0 Å². The van der Waals surface area contributed by atoms with Crippen molar-refractivity contribution in [2.24, 2.45) is 0 Å². The number of halogens is 2. The third-order valence-corrected chi connectivity index (χ3v) is 5.84. The molecule has 29 heavy (non-hydrogen) atoms. The third-order valence-electron chi connectivity index (χ3n) is 4.24. The first kappa shape index (κ1) is 21.3. The van der Waals surface area contributed by atoms with Crippen LogP contribution in [-0.2, 0) is 17.9 Å². The van der Waals surface area contributed by atoms with E-state index >= 15 is 0 Å². The first-order valence-electron chi connectivity index (χ1n) is 8.84. The predicted molar refractivity (Wildman–Crippen MR) is 116 cm³/mol. The van der Waals surface area contributed by atoms with Crippen LogP contribution < -0.4 is 0 Å². The summed E-state index contributed by atoms with van der Waals surface area (Å²) in [6, 6.07) is 14.4. The van der Waals surface area contributed by atoms with Gasteiger partial charge in [0.15, 0.2) is 0 Å². The summed E-state index contributed by atoms with van der Waals surface area (Å²) >= 11 is 13.5. The van der Waals surface area contributed by atoms with Crippen LogP contribution in [0.5, 0.6) is 0 Å². The molecule has 0 atom stereocenters. The van der Waals surface area contributed by atoms with Crippen LogP contribution in [-0.4, -0.2) is 40.2 Å². The maximum absolute atomic E-state index is 13.0. The molecule has 1 aromatic carbocycles. The van der Waals surface area contributed by atoms with E-state index in [0.717, 1.165) is 11.3 Å². The van der Waals surface area contributed by atoms with Crippen molar-refractivity contribution in [2.45, 2.75) is 13.1 Å². The average Bonchev–Trinajstić information content (AvgIpc) is 3.25. The number of hydrogen-bond donors (Lipinski definition) is 0. The summed E-state index contributed by atoms with van der Waals surface area (Å²) in [5.74, 6) is -0.366. The molecular weight excluding hydrogens is 429 g/mol. The fraction of sp³-hybridized carbons (Fsp3) is 0.190. The number of carbonyl (C=O) groups is 2. The minimum atomic E-state index is -0.186.